The number of amides is 2. The van der Waals surface area contributed by atoms with Gasteiger partial charge in [0.2, 0.25) is 0 Å². The summed E-state index contributed by atoms with van der Waals surface area (Å²) in [5.41, 5.74) is 2.60. The number of fused-ring (bicyclic) bond motifs is 2. The van der Waals surface area contributed by atoms with Gasteiger partial charge in [0.1, 0.15) is 12.7 Å². The average Bonchev–Trinajstić information content (AvgIpc) is 2.81. The highest BCUT2D eigenvalue weighted by atomic mass is 19.1. The maximum atomic E-state index is 13.4. The molecule has 9 nitrogen and oxygen atoms in total. The number of alkyl halides is 1. The number of nitrogens with one attached hydrogen (secondary N) is 1. The number of ketones is 1. The monoisotopic (exact) mass is 471 g/mol. The summed E-state index contributed by atoms with van der Waals surface area (Å²) >= 11 is 0. The van der Waals surface area contributed by atoms with Crippen LogP contribution in [-0.4, -0.2) is 54.7 Å². The summed E-state index contributed by atoms with van der Waals surface area (Å²) in [6.45, 7) is 1.83. The van der Waals surface area contributed by atoms with Gasteiger partial charge in [-0.15, -0.1) is 0 Å². The zero-order valence-corrected chi connectivity index (χ0v) is 19.0. The second-order valence-corrected chi connectivity index (χ2v) is 8.18. The highest BCUT2D eigenvalue weighted by molar-refractivity contribution is 6.07. The molecule has 2 amide bonds. The molecule has 2 unspecified atom stereocenters. The van der Waals surface area contributed by atoms with Gasteiger partial charge in [-0.2, -0.15) is 0 Å². The number of carboxylic acid groups (broad SMARTS) is 1. The maximum absolute atomic E-state index is 13.4. The van der Waals surface area contributed by atoms with Gasteiger partial charge in [-0.1, -0.05) is 38.1 Å². The van der Waals surface area contributed by atoms with Gasteiger partial charge in [-0.3, -0.25) is 14.4 Å². The Morgan fingerprint density at radius 1 is 0.971 bits per heavy atom. The Bertz CT molecular complexity index is 1060. The van der Waals surface area contributed by atoms with Crippen molar-refractivity contribution in [3.63, 3.8) is 0 Å². The number of halogens is 1. The lowest BCUT2D eigenvalue weighted by molar-refractivity contribution is -0.141. The molecular formula is C24H26FN3O6. The zero-order chi connectivity index (χ0) is 25.0. The number of hydrogen-bond acceptors (Lipinski definition) is 6. The van der Waals surface area contributed by atoms with Gasteiger partial charge >= 0.3 is 12.1 Å². The van der Waals surface area contributed by atoms with Crippen molar-refractivity contribution in [2.45, 2.75) is 32.4 Å². The number of carbonyl (C=O) groups is 4. The Hall–Kier alpha value is -3.95. The van der Waals surface area contributed by atoms with E-state index in [-0.39, 0.29) is 0 Å². The van der Waals surface area contributed by atoms with Crippen LogP contribution in [-0.2, 0) is 19.1 Å². The predicted octanol–water partition coefficient (Wildman–Crippen LogP) is 3.57. The fourth-order valence-electron chi connectivity index (χ4n) is 3.75. The molecule has 0 radical (unpaired) electrons. The van der Waals surface area contributed by atoms with Gasteiger partial charge in [0.05, 0.1) is 29.2 Å². The molecule has 180 valence electrons. The van der Waals surface area contributed by atoms with Gasteiger partial charge in [-0.25, -0.2) is 14.1 Å². The summed E-state index contributed by atoms with van der Waals surface area (Å²) < 4.78 is 18.5. The first-order valence-corrected chi connectivity index (χ1v) is 10.7. The van der Waals surface area contributed by atoms with Crippen LogP contribution in [0.2, 0.25) is 0 Å². The fraction of sp³-hybridized carbons (Fsp3) is 0.333. The van der Waals surface area contributed by atoms with Crippen LogP contribution in [0, 0.1) is 5.92 Å². The highest BCUT2D eigenvalue weighted by Crippen LogP contribution is 2.47. The van der Waals surface area contributed by atoms with Crippen LogP contribution in [0.25, 0.3) is 0 Å². The van der Waals surface area contributed by atoms with Gasteiger partial charge in [0, 0.05) is 7.05 Å². The maximum Gasteiger partial charge on any atom is 0.419 e. The van der Waals surface area contributed by atoms with Crippen LogP contribution in [0.5, 0.6) is 0 Å². The van der Waals surface area contributed by atoms with Crippen molar-refractivity contribution in [1.29, 1.82) is 0 Å². The number of para-hydroxylation sites is 4. The number of Topliss-reactive ketones (excluding diaryl/α,β-unsaturated/α-hetero) is 1. The molecule has 0 fully saturated rings. The summed E-state index contributed by atoms with van der Waals surface area (Å²) in [7, 11) is 1.87. The van der Waals surface area contributed by atoms with Crippen molar-refractivity contribution in [3.8, 4) is 0 Å². The topological polar surface area (TPSA) is 116 Å². The van der Waals surface area contributed by atoms with Crippen LogP contribution in [0.4, 0.5) is 31.9 Å². The Labute approximate surface area is 196 Å². The first kappa shape index (κ1) is 24.7. The summed E-state index contributed by atoms with van der Waals surface area (Å²) in [4.78, 5) is 52.4. The number of carboxylic acids is 1. The number of carbonyl (C=O) groups excluding carboxylic acids is 3. The van der Waals surface area contributed by atoms with E-state index in [9.17, 15) is 23.6 Å². The predicted molar refractivity (Wildman–Crippen MR) is 123 cm³/mol. The summed E-state index contributed by atoms with van der Waals surface area (Å²) in [5.74, 6) is -3.86. The zero-order valence-electron chi connectivity index (χ0n) is 19.0. The molecule has 0 aromatic heterocycles. The Kier molecular flexibility index (Phi) is 7.50. The van der Waals surface area contributed by atoms with Crippen molar-refractivity contribution in [1.82, 2.24) is 5.32 Å². The molecule has 1 aliphatic rings. The van der Waals surface area contributed by atoms with E-state index in [0.717, 1.165) is 11.4 Å². The van der Waals surface area contributed by atoms with E-state index in [1.165, 1.54) is 4.90 Å². The molecule has 3 rings (SSSR count). The van der Waals surface area contributed by atoms with Crippen molar-refractivity contribution in [2.75, 3.05) is 23.5 Å². The molecule has 2 atom stereocenters. The van der Waals surface area contributed by atoms with E-state index in [2.05, 4.69) is 5.32 Å². The lowest BCUT2D eigenvalue weighted by atomic mass is 10.0. The minimum atomic E-state index is -1.57. The molecule has 0 bridgehead atoms. The van der Waals surface area contributed by atoms with E-state index < -0.39 is 54.9 Å². The minimum Gasteiger partial charge on any atom is -0.481 e. The number of aliphatic carboxylic acids is 1. The molecule has 34 heavy (non-hydrogen) atoms. The SMILES string of the molecule is CC(C)C(OC(=O)N1c2ccccc2N(C)c2ccccc21)C(=O)NC(CC(=O)O)C(=O)CF. The summed E-state index contributed by atoms with van der Waals surface area (Å²) in [6, 6.07) is 12.8. The molecule has 0 saturated heterocycles. The van der Waals surface area contributed by atoms with Gasteiger partial charge in [-0.05, 0) is 30.2 Å². The second-order valence-electron chi connectivity index (χ2n) is 8.18. The second kappa shape index (κ2) is 10.3. The standard InChI is InChI=1S/C24H26FN3O6/c1-14(2)22(23(32)26-15(12-21(30)31)20(29)13-25)34-24(33)28-18-10-6-4-8-16(18)27(3)17-9-5-7-11-19(17)28/h4-11,14-15,22H,12-13H2,1-3H3,(H,26,32)(H,30,31). The van der Waals surface area contributed by atoms with Crippen molar-refractivity contribution in [2.24, 2.45) is 5.92 Å². The quantitative estimate of drug-likeness (QED) is 0.605. The van der Waals surface area contributed by atoms with Crippen LogP contribution in [0.1, 0.15) is 20.3 Å². The molecule has 2 N–H and O–H groups in total. The third kappa shape index (κ3) is 5.00. The normalized spacial score (nSPS) is 14.0. The van der Waals surface area contributed by atoms with Gasteiger partial charge in [0.15, 0.2) is 11.9 Å². The number of nitrogens with zero attached hydrogens (tertiary/aromatic N) is 2. The Balaban J connectivity index is 1.89. The van der Waals surface area contributed by atoms with Gasteiger partial charge < -0.3 is 20.1 Å². The first-order chi connectivity index (χ1) is 16.1. The molecule has 2 aromatic carbocycles. The molecule has 0 spiro atoms. The van der Waals surface area contributed by atoms with Crippen molar-refractivity contribution in [3.05, 3.63) is 48.5 Å². The molecule has 10 heteroatoms. The van der Waals surface area contributed by atoms with Crippen LogP contribution < -0.4 is 15.1 Å². The van der Waals surface area contributed by atoms with Gasteiger partial charge in [0.25, 0.3) is 5.91 Å². The lowest BCUT2D eigenvalue weighted by Crippen LogP contribution is -2.50. The van der Waals surface area contributed by atoms with E-state index in [4.69, 9.17) is 9.84 Å². The van der Waals surface area contributed by atoms with E-state index in [1.54, 1.807) is 38.1 Å². The third-order valence-corrected chi connectivity index (χ3v) is 5.46. The molecule has 1 heterocycles. The molecule has 2 aromatic rings. The molecule has 0 aliphatic carbocycles. The number of hydrogen-bond donors (Lipinski definition) is 2. The van der Waals surface area contributed by atoms with Crippen LogP contribution in [0.3, 0.4) is 0 Å². The minimum absolute atomic E-state index is 0.521. The fourth-order valence-corrected chi connectivity index (χ4v) is 3.75. The van der Waals surface area contributed by atoms with Crippen LogP contribution in [0.15, 0.2) is 48.5 Å². The van der Waals surface area contributed by atoms with E-state index in [1.807, 2.05) is 36.2 Å². The Morgan fingerprint density at radius 3 is 1.91 bits per heavy atom. The third-order valence-electron chi connectivity index (χ3n) is 5.46. The number of benzene rings is 2. The van der Waals surface area contributed by atoms with Crippen LogP contribution >= 0.6 is 0 Å². The van der Waals surface area contributed by atoms with Crippen molar-refractivity contribution < 1.29 is 33.4 Å². The molecule has 0 saturated carbocycles. The molecule has 1 aliphatic heterocycles. The van der Waals surface area contributed by atoms with E-state index >= 15 is 0 Å². The van der Waals surface area contributed by atoms with Crippen molar-refractivity contribution >= 4 is 46.5 Å². The van der Waals surface area contributed by atoms with E-state index in [0.29, 0.717) is 11.4 Å². The number of ether oxygens (including phenoxy) is 1. The summed E-state index contributed by atoms with van der Waals surface area (Å²) in [6.07, 6.45) is -2.96. The molecular weight excluding hydrogens is 445 g/mol. The summed E-state index contributed by atoms with van der Waals surface area (Å²) in [5, 5.41) is 11.2. The highest BCUT2D eigenvalue weighted by Gasteiger charge is 2.36. The number of anilines is 4. The number of rotatable bonds is 8. The first-order valence-electron chi connectivity index (χ1n) is 10.7. The lowest BCUT2D eigenvalue weighted by Gasteiger charge is -2.37. The smallest absolute Gasteiger partial charge is 0.419 e. The Morgan fingerprint density at radius 2 is 1.47 bits per heavy atom. The largest absolute Gasteiger partial charge is 0.481 e. The average molecular weight is 471 g/mol.